The number of nitrogens with one attached hydrogen (secondary N) is 1. The molecule has 0 aromatic rings. The Morgan fingerprint density at radius 3 is 0.833 bits per heavy atom. The third-order valence-corrected chi connectivity index (χ3v) is 14.8. The van der Waals surface area contributed by atoms with Gasteiger partial charge in [0.25, 0.3) is 0 Å². The van der Waals surface area contributed by atoms with Gasteiger partial charge in [0.1, 0.15) is 0 Å². The lowest BCUT2D eigenvalue weighted by Gasteiger charge is -2.22. The highest BCUT2D eigenvalue weighted by Crippen LogP contribution is 2.19. The summed E-state index contributed by atoms with van der Waals surface area (Å²) in [6, 6.07) is -0.533. The van der Waals surface area contributed by atoms with Crippen molar-refractivity contribution >= 4 is 5.91 Å². The van der Waals surface area contributed by atoms with Gasteiger partial charge < -0.3 is 15.5 Å². The zero-order chi connectivity index (χ0) is 47.7. The highest BCUT2D eigenvalue weighted by molar-refractivity contribution is 5.76. The van der Waals surface area contributed by atoms with E-state index in [2.05, 4.69) is 31.3 Å². The van der Waals surface area contributed by atoms with Gasteiger partial charge in [-0.05, 0) is 38.5 Å². The fourth-order valence-corrected chi connectivity index (χ4v) is 10.1. The fourth-order valence-electron chi connectivity index (χ4n) is 10.1. The fraction of sp³-hybridized carbons (Fsp3) is 0.952. The summed E-state index contributed by atoms with van der Waals surface area (Å²) in [5.74, 6) is -0.0223. The molecule has 66 heavy (non-hydrogen) atoms. The van der Waals surface area contributed by atoms with Crippen LogP contribution in [0.1, 0.15) is 361 Å². The molecule has 0 heterocycles. The standard InChI is InChI=1S/C62H123NO3/c1-3-5-7-9-11-13-15-17-19-21-23-25-27-28-29-30-31-32-33-34-36-38-40-42-44-46-48-50-52-54-56-58-62(66)63-60(59-64)61(65)57-55-53-51-49-47-45-43-41-39-37-35-26-24-22-20-18-16-14-12-10-8-6-4-2/h21,23,60-61,64-65H,3-20,22,24-59H2,1-2H3,(H,63,66)/b23-21-. The first kappa shape index (κ1) is 65.1. The van der Waals surface area contributed by atoms with Crippen molar-refractivity contribution in [3.8, 4) is 0 Å². The number of amides is 1. The lowest BCUT2D eigenvalue weighted by Crippen LogP contribution is -2.45. The smallest absolute Gasteiger partial charge is 0.220 e. The average molecular weight is 931 g/mol. The molecule has 0 saturated carbocycles. The Morgan fingerprint density at radius 1 is 0.348 bits per heavy atom. The molecule has 0 aromatic carbocycles. The number of allylic oxidation sites excluding steroid dienone is 2. The maximum absolute atomic E-state index is 12.5. The molecule has 0 spiro atoms. The summed E-state index contributed by atoms with van der Waals surface area (Å²) in [4.78, 5) is 12.5. The molecule has 0 saturated heterocycles. The van der Waals surface area contributed by atoms with Gasteiger partial charge in [-0.2, -0.15) is 0 Å². The highest BCUT2D eigenvalue weighted by Gasteiger charge is 2.20. The predicted molar refractivity (Wildman–Crippen MR) is 295 cm³/mol. The average Bonchev–Trinajstić information content (AvgIpc) is 3.32. The molecule has 0 bridgehead atoms. The normalized spacial score (nSPS) is 12.7. The van der Waals surface area contributed by atoms with Crippen LogP contribution in [-0.4, -0.2) is 34.9 Å². The van der Waals surface area contributed by atoms with Crippen LogP contribution in [0.3, 0.4) is 0 Å². The van der Waals surface area contributed by atoms with Gasteiger partial charge in [0.2, 0.25) is 5.91 Å². The minimum absolute atomic E-state index is 0.0223. The second kappa shape index (κ2) is 58.4. The van der Waals surface area contributed by atoms with Crippen molar-refractivity contribution < 1.29 is 15.0 Å². The van der Waals surface area contributed by atoms with E-state index in [1.165, 1.54) is 308 Å². The van der Waals surface area contributed by atoms with Crippen LogP contribution in [0.4, 0.5) is 0 Å². The number of aliphatic hydroxyl groups excluding tert-OH is 2. The predicted octanol–water partition coefficient (Wildman–Crippen LogP) is 20.5. The number of carbonyl (C=O) groups excluding carboxylic acids is 1. The first-order chi connectivity index (χ1) is 32.7. The minimum Gasteiger partial charge on any atom is -0.394 e. The monoisotopic (exact) mass is 930 g/mol. The maximum atomic E-state index is 12.5. The summed E-state index contributed by atoms with van der Waals surface area (Å²) in [6.45, 7) is 4.40. The second-order valence-corrected chi connectivity index (χ2v) is 21.5. The van der Waals surface area contributed by atoms with Gasteiger partial charge in [-0.15, -0.1) is 0 Å². The molecular formula is C62H123NO3. The Morgan fingerprint density at radius 2 is 0.576 bits per heavy atom. The molecule has 4 nitrogen and oxygen atoms in total. The summed E-state index contributed by atoms with van der Waals surface area (Å²) in [6.07, 6.45) is 76.6. The van der Waals surface area contributed by atoms with E-state index in [0.29, 0.717) is 12.8 Å². The van der Waals surface area contributed by atoms with Crippen LogP contribution in [0.15, 0.2) is 12.2 Å². The molecule has 0 aliphatic heterocycles. The number of hydrogen-bond donors (Lipinski definition) is 3. The van der Waals surface area contributed by atoms with E-state index in [-0.39, 0.29) is 12.5 Å². The molecule has 4 heteroatoms. The SMILES string of the molecule is CCCCCCCCCC/C=C\CCCCCCCCCCCCCCCCCCCCCC(=O)NC(CO)C(O)CCCCCCCCCCCCCCCCCCCCCCCCC. The largest absolute Gasteiger partial charge is 0.394 e. The molecule has 0 aliphatic rings. The van der Waals surface area contributed by atoms with Crippen molar-refractivity contribution in [2.24, 2.45) is 0 Å². The third kappa shape index (κ3) is 54.1. The summed E-state index contributed by atoms with van der Waals surface area (Å²) < 4.78 is 0. The van der Waals surface area contributed by atoms with Crippen molar-refractivity contribution in [2.45, 2.75) is 373 Å². The van der Waals surface area contributed by atoms with E-state index in [4.69, 9.17) is 0 Å². The van der Waals surface area contributed by atoms with E-state index in [0.717, 1.165) is 25.7 Å². The van der Waals surface area contributed by atoms with Crippen LogP contribution < -0.4 is 5.32 Å². The molecule has 0 aliphatic carbocycles. The lowest BCUT2D eigenvalue weighted by atomic mass is 10.0. The van der Waals surface area contributed by atoms with Crippen molar-refractivity contribution in [3.05, 3.63) is 12.2 Å². The molecule has 0 radical (unpaired) electrons. The topological polar surface area (TPSA) is 69.6 Å². The van der Waals surface area contributed by atoms with E-state index < -0.39 is 12.1 Å². The highest BCUT2D eigenvalue weighted by atomic mass is 16.3. The third-order valence-electron chi connectivity index (χ3n) is 14.8. The van der Waals surface area contributed by atoms with Gasteiger partial charge in [-0.25, -0.2) is 0 Å². The van der Waals surface area contributed by atoms with Crippen molar-refractivity contribution in [1.29, 1.82) is 0 Å². The summed E-state index contributed by atoms with van der Waals surface area (Å²) in [7, 11) is 0. The minimum atomic E-state index is -0.657. The number of carbonyl (C=O) groups is 1. The molecule has 3 N–H and O–H groups in total. The maximum Gasteiger partial charge on any atom is 0.220 e. The van der Waals surface area contributed by atoms with Crippen LogP contribution in [-0.2, 0) is 4.79 Å². The molecule has 0 rings (SSSR count). The van der Waals surface area contributed by atoms with Gasteiger partial charge in [0.05, 0.1) is 18.8 Å². The summed E-state index contributed by atoms with van der Waals surface area (Å²) >= 11 is 0. The van der Waals surface area contributed by atoms with Gasteiger partial charge in [-0.1, -0.05) is 328 Å². The molecule has 1 amide bonds. The Hall–Kier alpha value is -0.870. The van der Waals surface area contributed by atoms with Crippen LogP contribution in [0.5, 0.6) is 0 Å². The zero-order valence-electron chi connectivity index (χ0n) is 45.5. The van der Waals surface area contributed by atoms with E-state index >= 15 is 0 Å². The van der Waals surface area contributed by atoms with Gasteiger partial charge in [-0.3, -0.25) is 4.79 Å². The lowest BCUT2D eigenvalue weighted by molar-refractivity contribution is -0.123. The Labute approximate surface area is 416 Å². The van der Waals surface area contributed by atoms with Crippen LogP contribution in [0.25, 0.3) is 0 Å². The van der Waals surface area contributed by atoms with Crippen LogP contribution >= 0.6 is 0 Å². The number of aliphatic hydroxyl groups is 2. The molecular weight excluding hydrogens is 807 g/mol. The summed E-state index contributed by atoms with van der Waals surface area (Å²) in [5, 5.41) is 23.4. The second-order valence-electron chi connectivity index (χ2n) is 21.5. The van der Waals surface area contributed by atoms with Crippen molar-refractivity contribution in [3.63, 3.8) is 0 Å². The first-order valence-corrected chi connectivity index (χ1v) is 30.9. The van der Waals surface area contributed by atoms with Crippen LogP contribution in [0.2, 0.25) is 0 Å². The molecule has 0 fully saturated rings. The Kier molecular flexibility index (Phi) is 57.7. The van der Waals surface area contributed by atoms with E-state index in [9.17, 15) is 15.0 Å². The van der Waals surface area contributed by atoms with Gasteiger partial charge in [0.15, 0.2) is 0 Å². The molecule has 0 aromatic heterocycles. The van der Waals surface area contributed by atoms with Gasteiger partial charge >= 0.3 is 0 Å². The Balaban J connectivity index is 3.39. The quantitative estimate of drug-likeness (QED) is 0.0420. The number of unbranched alkanes of at least 4 members (excludes halogenated alkanes) is 49. The van der Waals surface area contributed by atoms with Gasteiger partial charge in [0, 0.05) is 6.42 Å². The van der Waals surface area contributed by atoms with Crippen molar-refractivity contribution in [1.82, 2.24) is 5.32 Å². The molecule has 2 unspecified atom stereocenters. The first-order valence-electron chi connectivity index (χ1n) is 30.9. The van der Waals surface area contributed by atoms with E-state index in [1.807, 2.05) is 0 Å². The molecule has 394 valence electrons. The number of hydrogen-bond acceptors (Lipinski definition) is 3. The zero-order valence-corrected chi connectivity index (χ0v) is 45.5. The molecule has 2 atom stereocenters. The summed E-state index contributed by atoms with van der Waals surface area (Å²) in [5.41, 5.74) is 0. The van der Waals surface area contributed by atoms with Crippen molar-refractivity contribution in [2.75, 3.05) is 6.61 Å². The van der Waals surface area contributed by atoms with E-state index in [1.54, 1.807) is 0 Å². The number of rotatable bonds is 58. The Bertz CT molecular complexity index is 921. The van der Waals surface area contributed by atoms with Crippen LogP contribution in [0, 0.1) is 0 Å².